The fourth-order valence-corrected chi connectivity index (χ4v) is 11.3. The van der Waals surface area contributed by atoms with Gasteiger partial charge in [0.25, 0.3) is 0 Å². The van der Waals surface area contributed by atoms with E-state index in [1.54, 1.807) is 20.8 Å². The number of ether oxygens (including phenoxy) is 3. The Hall–Kier alpha value is -2.27. The summed E-state index contributed by atoms with van der Waals surface area (Å²) < 4.78 is 93.4. The van der Waals surface area contributed by atoms with Gasteiger partial charge in [-0.3, -0.25) is 23.5 Å². The number of aliphatic carboxylic acids is 2. The van der Waals surface area contributed by atoms with Crippen LogP contribution in [0.2, 0.25) is 0 Å². The summed E-state index contributed by atoms with van der Waals surface area (Å²) in [5.74, 6) is -5.84. The molecule has 0 aromatic heterocycles. The van der Waals surface area contributed by atoms with Crippen LogP contribution < -0.4 is 0 Å². The largest absolute Gasteiger partial charge is 0.480 e. The highest BCUT2D eigenvalue weighted by Gasteiger charge is 2.72. The van der Waals surface area contributed by atoms with Gasteiger partial charge in [-0.25, -0.2) is 8.37 Å². The van der Waals surface area contributed by atoms with Crippen LogP contribution in [0.3, 0.4) is 0 Å². The lowest BCUT2D eigenvalue weighted by molar-refractivity contribution is -0.318. The smallest absolute Gasteiger partial charge is 0.397 e. The molecule has 1 saturated heterocycles. The van der Waals surface area contributed by atoms with Crippen molar-refractivity contribution < 1.29 is 83.3 Å². The molecule has 4 saturated carbocycles. The van der Waals surface area contributed by atoms with E-state index in [4.69, 9.17) is 18.4 Å². The molecule has 0 aromatic carbocycles. The molecule has 1 spiro atoms. The number of rotatable bonds is 12. The predicted octanol–water partition coefficient (Wildman–Crippen LogP) is 1.12. The lowest BCUT2D eigenvalue weighted by Crippen LogP contribution is -2.67. The van der Waals surface area contributed by atoms with Gasteiger partial charge in [-0.15, -0.1) is 0 Å². The molecule has 0 radical (unpaired) electrons. The van der Waals surface area contributed by atoms with Gasteiger partial charge in [0.15, 0.2) is 23.9 Å². The molecule has 51 heavy (non-hydrogen) atoms. The minimum Gasteiger partial charge on any atom is -0.480 e. The summed E-state index contributed by atoms with van der Waals surface area (Å²) in [7, 11) is -11.0. The van der Waals surface area contributed by atoms with E-state index in [2.05, 4.69) is 10.8 Å². The van der Waals surface area contributed by atoms with E-state index in [9.17, 15) is 60.8 Å². The Bertz CT molecular complexity index is 1610. The molecule has 0 aromatic rings. The maximum atomic E-state index is 13.1. The van der Waals surface area contributed by atoms with Crippen molar-refractivity contribution in [2.24, 2.45) is 39.9 Å². The van der Waals surface area contributed by atoms with Crippen molar-refractivity contribution in [1.82, 2.24) is 0 Å². The van der Waals surface area contributed by atoms with Gasteiger partial charge < -0.3 is 34.6 Å². The summed E-state index contributed by atoms with van der Waals surface area (Å²) in [5, 5.41) is 42.9. The zero-order valence-electron chi connectivity index (χ0n) is 28.3. The van der Waals surface area contributed by atoms with Gasteiger partial charge in [-0.05, 0) is 73.2 Å². The van der Waals surface area contributed by atoms with Crippen molar-refractivity contribution in [3.05, 3.63) is 12.2 Å². The molecule has 6 N–H and O–H groups in total. The average Bonchev–Trinajstić information content (AvgIpc) is 3.16. The number of carboxylic acids is 2. The molecule has 2 bridgehead atoms. The fraction of sp³-hybridized carbons (Fsp3) is 0.839. The number of fused-ring (bicyclic) bond motifs is 3. The first kappa shape index (κ1) is 39.9. The molecule has 12 atom stereocenters. The molecule has 0 amide bonds. The number of carbonyl (C=O) groups excluding carboxylic acids is 1. The van der Waals surface area contributed by atoms with Crippen molar-refractivity contribution in [3.63, 3.8) is 0 Å². The standard InChI is InChI=1S/C31H46O18S2/c1-14(2)9-21(33)47-24-23(49-51(42,43)44)22(48-50(39,40)41)18(13-32)46-26(24)45-17-11-29(4)19-6-5-16-10-30(19,25(34)15(16)3)8-7-20(29)31(12-17,27(35)36)28(37)38/h14,16-20,22-26,32,34H,3,5-13H2,1-2,4H3,(H,35,36)(H,37,38)(H,39,40,41)(H,42,43,44)/t16-,17+,18-,19+,20+,22-,23+,24-,25+,26+,29+,30-/m1/s1. The first-order valence-corrected chi connectivity index (χ1v) is 19.5. The number of hydrogen-bond donors (Lipinski definition) is 6. The van der Waals surface area contributed by atoms with Crippen LogP contribution in [-0.4, -0.2) is 114 Å². The summed E-state index contributed by atoms with van der Waals surface area (Å²) in [6.45, 7) is 8.03. The van der Waals surface area contributed by atoms with Crippen molar-refractivity contribution >= 4 is 38.7 Å². The van der Waals surface area contributed by atoms with Crippen LogP contribution in [0.4, 0.5) is 0 Å². The zero-order chi connectivity index (χ0) is 38.1. The Labute approximate surface area is 295 Å². The Morgan fingerprint density at radius 2 is 1.53 bits per heavy atom. The molecule has 5 fully saturated rings. The number of carbonyl (C=O) groups is 3. The Kier molecular flexibility index (Phi) is 10.8. The van der Waals surface area contributed by atoms with E-state index in [0.29, 0.717) is 31.3 Å². The van der Waals surface area contributed by atoms with E-state index >= 15 is 0 Å². The summed E-state index contributed by atoms with van der Waals surface area (Å²) >= 11 is 0. The van der Waals surface area contributed by atoms with E-state index in [1.807, 2.05) is 0 Å². The molecule has 1 heterocycles. The second-order valence-corrected chi connectivity index (χ2v) is 17.4. The van der Waals surface area contributed by atoms with E-state index in [1.165, 1.54) is 0 Å². The van der Waals surface area contributed by atoms with Crippen LogP contribution in [0.15, 0.2) is 12.2 Å². The number of aliphatic hydroxyl groups is 2. The topological polar surface area (TPSA) is 287 Å². The van der Waals surface area contributed by atoms with E-state index in [0.717, 1.165) is 0 Å². The summed E-state index contributed by atoms with van der Waals surface area (Å²) in [5.41, 5.74) is -3.52. The molecule has 0 unspecified atom stereocenters. The summed E-state index contributed by atoms with van der Waals surface area (Å²) in [6, 6.07) is 0. The Morgan fingerprint density at radius 3 is 2.08 bits per heavy atom. The molecule has 18 nitrogen and oxygen atoms in total. The third kappa shape index (κ3) is 7.20. The van der Waals surface area contributed by atoms with Gasteiger partial charge in [-0.1, -0.05) is 27.4 Å². The first-order chi connectivity index (χ1) is 23.5. The quantitative estimate of drug-likeness (QED) is 0.0533. The second kappa shape index (κ2) is 13.9. The molecule has 290 valence electrons. The Morgan fingerprint density at radius 1 is 0.922 bits per heavy atom. The minimum absolute atomic E-state index is 0.00133. The highest BCUT2D eigenvalue weighted by molar-refractivity contribution is 7.81. The minimum atomic E-state index is -5.51. The normalized spacial score (nSPS) is 40.7. The number of hydrogen-bond acceptors (Lipinski definition) is 14. The highest BCUT2D eigenvalue weighted by atomic mass is 32.3. The zero-order valence-corrected chi connectivity index (χ0v) is 30.0. The third-order valence-corrected chi connectivity index (χ3v) is 12.9. The second-order valence-electron chi connectivity index (χ2n) is 15.3. The fourth-order valence-electron chi connectivity index (χ4n) is 10.3. The van der Waals surface area contributed by atoms with Crippen LogP contribution in [0.25, 0.3) is 0 Å². The molecule has 5 aliphatic rings. The maximum absolute atomic E-state index is 13.1. The predicted molar refractivity (Wildman–Crippen MR) is 169 cm³/mol. The van der Waals surface area contributed by atoms with E-state index < -0.39 is 117 Å². The van der Waals surface area contributed by atoms with Gasteiger partial charge in [0.05, 0.1) is 18.8 Å². The molecular weight excluding hydrogens is 724 g/mol. The molecule has 4 aliphatic carbocycles. The van der Waals surface area contributed by atoms with Crippen molar-refractivity contribution in [1.29, 1.82) is 0 Å². The van der Waals surface area contributed by atoms with Crippen molar-refractivity contribution in [2.75, 3.05) is 6.61 Å². The number of esters is 1. The molecule has 1 aliphatic heterocycles. The van der Waals surface area contributed by atoms with Crippen LogP contribution in [0.5, 0.6) is 0 Å². The lowest BCUT2D eigenvalue weighted by atomic mass is 9.40. The van der Waals surface area contributed by atoms with Gasteiger partial charge in [-0.2, -0.15) is 16.8 Å². The highest BCUT2D eigenvalue weighted by Crippen LogP contribution is 2.72. The number of carboxylic acid groups (broad SMARTS) is 2. The van der Waals surface area contributed by atoms with E-state index in [-0.39, 0.29) is 37.0 Å². The Balaban J connectivity index is 1.59. The van der Waals surface area contributed by atoms with Gasteiger partial charge >= 0.3 is 38.7 Å². The maximum Gasteiger partial charge on any atom is 0.397 e. The van der Waals surface area contributed by atoms with Crippen LogP contribution in [0, 0.1) is 39.9 Å². The summed E-state index contributed by atoms with van der Waals surface area (Å²) in [6.07, 6.45) is -11.5. The third-order valence-electron chi connectivity index (χ3n) is 12.0. The SMILES string of the molecule is C=C1[C@@H]2CC[C@H]3[C@]4(C)C[C@H](O[C@H]5O[C@H](CO)[C@@H](OS(=O)(=O)O)[C@H](OS(=O)(=O)O)[C@H]5OC(=O)CC(C)C)CC(C(=O)O)(C(=O)O)[C@H]4CC[C@]3(C2)[C@H]1O. The van der Waals surface area contributed by atoms with Crippen LogP contribution in [0.1, 0.15) is 72.1 Å². The molecule has 5 rings (SSSR count). The van der Waals surface area contributed by atoms with Gasteiger partial charge in [0, 0.05) is 18.3 Å². The summed E-state index contributed by atoms with van der Waals surface area (Å²) in [4.78, 5) is 39.3. The van der Waals surface area contributed by atoms with Crippen molar-refractivity contribution in [2.45, 2.75) is 115 Å². The number of aliphatic hydroxyl groups excluding tert-OH is 2. The lowest BCUT2D eigenvalue weighted by Gasteiger charge is -2.64. The van der Waals surface area contributed by atoms with Gasteiger partial charge in [0.2, 0.25) is 0 Å². The van der Waals surface area contributed by atoms with Crippen LogP contribution >= 0.6 is 0 Å². The average molecular weight is 771 g/mol. The monoisotopic (exact) mass is 770 g/mol. The van der Waals surface area contributed by atoms with Crippen molar-refractivity contribution in [3.8, 4) is 0 Å². The molecule has 20 heteroatoms. The van der Waals surface area contributed by atoms with Gasteiger partial charge in [0.1, 0.15) is 12.2 Å². The molecular formula is C31H46O18S2. The first-order valence-electron chi connectivity index (χ1n) is 16.7. The van der Waals surface area contributed by atoms with Crippen LogP contribution in [-0.2, 0) is 57.8 Å².